The van der Waals surface area contributed by atoms with Crippen LogP contribution in [0.4, 0.5) is 4.79 Å². The maximum Gasteiger partial charge on any atom is 0.410 e. The number of aromatic nitrogens is 2. The van der Waals surface area contributed by atoms with Crippen molar-refractivity contribution in [2.45, 2.75) is 39.3 Å². The van der Waals surface area contributed by atoms with E-state index in [1.54, 1.807) is 23.2 Å². The van der Waals surface area contributed by atoms with Gasteiger partial charge in [-0.2, -0.15) is 5.26 Å². The molecule has 0 bridgehead atoms. The van der Waals surface area contributed by atoms with E-state index in [1.807, 2.05) is 32.9 Å². The Morgan fingerprint density at radius 3 is 2.64 bits per heavy atom. The lowest BCUT2D eigenvalue weighted by Gasteiger charge is -2.30. The minimum atomic E-state index is -0.507. The highest BCUT2D eigenvalue weighted by molar-refractivity contribution is 5.68. The lowest BCUT2D eigenvalue weighted by molar-refractivity contribution is 0.0222. The summed E-state index contributed by atoms with van der Waals surface area (Å²) in [6, 6.07) is 9.29. The van der Waals surface area contributed by atoms with E-state index in [-0.39, 0.29) is 6.09 Å². The molecule has 2 heterocycles. The molecule has 3 rings (SSSR count). The molecule has 0 fully saturated rings. The van der Waals surface area contributed by atoms with Crippen molar-refractivity contribution < 1.29 is 9.53 Å². The molecule has 1 aromatic carbocycles. The Morgan fingerprint density at radius 1 is 1.28 bits per heavy atom. The van der Waals surface area contributed by atoms with Gasteiger partial charge in [0.15, 0.2) is 5.82 Å². The van der Waals surface area contributed by atoms with Crippen LogP contribution in [0.3, 0.4) is 0 Å². The van der Waals surface area contributed by atoms with E-state index in [2.05, 4.69) is 16.0 Å². The average Bonchev–Trinajstić information content (AvgIpc) is 2.59. The molecule has 6 heteroatoms. The van der Waals surface area contributed by atoms with Crippen LogP contribution in [0.2, 0.25) is 0 Å². The number of nitrogens with zero attached hydrogens (tertiary/aromatic N) is 4. The summed E-state index contributed by atoms with van der Waals surface area (Å²) in [5.41, 5.74) is 2.86. The Kier molecular flexibility index (Phi) is 4.41. The lowest BCUT2D eigenvalue weighted by atomic mass is 10.1. The van der Waals surface area contributed by atoms with Crippen molar-refractivity contribution in [1.82, 2.24) is 14.9 Å². The van der Waals surface area contributed by atoms with Gasteiger partial charge in [0.2, 0.25) is 0 Å². The van der Waals surface area contributed by atoms with Crippen molar-refractivity contribution >= 4 is 6.09 Å². The van der Waals surface area contributed by atoms with Gasteiger partial charge in [-0.3, -0.25) is 0 Å². The molecule has 1 aliphatic heterocycles. The van der Waals surface area contributed by atoms with Gasteiger partial charge >= 0.3 is 6.09 Å². The van der Waals surface area contributed by atoms with Crippen LogP contribution in [0.1, 0.15) is 37.6 Å². The van der Waals surface area contributed by atoms with Crippen LogP contribution in [0.25, 0.3) is 11.4 Å². The number of amides is 1. The standard InChI is InChI=1S/C19H20N4O2/c1-19(2,3)25-18(24)23-9-8-16-15(12-23)11-21-17(22-16)14-6-4-13(10-20)5-7-14/h4-7,11H,8-9,12H2,1-3H3. The Labute approximate surface area is 147 Å². The molecule has 25 heavy (non-hydrogen) atoms. The lowest BCUT2D eigenvalue weighted by Crippen LogP contribution is -2.40. The third-order valence-electron chi connectivity index (χ3n) is 3.86. The Balaban J connectivity index is 1.77. The minimum absolute atomic E-state index is 0.311. The molecule has 0 atom stereocenters. The van der Waals surface area contributed by atoms with Crippen LogP contribution < -0.4 is 0 Å². The topological polar surface area (TPSA) is 79.1 Å². The van der Waals surface area contributed by atoms with Gasteiger partial charge in [-0.05, 0) is 45.0 Å². The van der Waals surface area contributed by atoms with Gasteiger partial charge in [-0.1, -0.05) is 0 Å². The Morgan fingerprint density at radius 2 is 2.00 bits per heavy atom. The summed E-state index contributed by atoms with van der Waals surface area (Å²) < 4.78 is 5.43. The second-order valence-corrected chi connectivity index (χ2v) is 7.01. The summed E-state index contributed by atoms with van der Waals surface area (Å²) in [5.74, 6) is 0.633. The van der Waals surface area contributed by atoms with Crippen LogP contribution >= 0.6 is 0 Å². The molecule has 0 N–H and O–H groups in total. The van der Waals surface area contributed by atoms with E-state index in [1.165, 1.54) is 0 Å². The summed E-state index contributed by atoms with van der Waals surface area (Å²) in [7, 11) is 0. The highest BCUT2D eigenvalue weighted by Gasteiger charge is 2.26. The van der Waals surface area contributed by atoms with Crippen molar-refractivity contribution in [1.29, 1.82) is 5.26 Å². The SMILES string of the molecule is CC(C)(C)OC(=O)N1CCc2nc(-c3ccc(C#N)cc3)ncc2C1. The zero-order valence-electron chi connectivity index (χ0n) is 14.6. The van der Waals surface area contributed by atoms with Crippen LogP contribution in [0.15, 0.2) is 30.5 Å². The number of fused-ring (bicyclic) bond motifs is 1. The third-order valence-corrected chi connectivity index (χ3v) is 3.86. The highest BCUT2D eigenvalue weighted by Crippen LogP contribution is 2.22. The van der Waals surface area contributed by atoms with Gasteiger partial charge in [0.25, 0.3) is 0 Å². The van der Waals surface area contributed by atoms with E-state index in [0.717, 1.165) is 16.8 Å². The average molecular weight is 336 g/mol. The first kappa shape index (κ1) is 16.9. The molecule has 0 unspecified atom stereocenters. The largest absolute Gasteiger partial charge is 0.444 e. The molecular weight excluding hydrogens is 316 g/mol. The number of nitriles is 1. The second-order valence-electron chi connectivity index (χ2n) is 7.01. The summed E-state index contributed by atoms with van der Waals surface area (Å²) in [4.78, 5) is 22.9. The van der Waals surface area contributed by atoms with Gasteiger partial charge < -0.3 is 9.64 Å². The maximum atomic E-state index is 12.2. The second kappa shape index (κ2) is 6.52. The zero-order chi connectivity index (χ0) is 18.0. The van der Waals surface area contributed by atoms with Gasteiger partial charge in [-0.15, -0.1) is 0 Å². The van der Waals surface area contributed by atoms with E-state index < -0.39 is 5.60 Å². The minimum Gasteiger partial charge on any atom is -0.444 e. The molecular formula is C19H20N4O2. The van der Waals surface area contributed by atoms with Gasteiger partial charge in [0, 0.05) is 30.3 Å². The molecule has 0 spiro atoms. The van der Waals surface area contributed by atoms with Gasteiger partial charge in [-0.25, -0.2) is 14.8 Å². The number of carbonyl (C=O) groups excluding carboxylic acids is 1. The predicted molar refractivity (Wildman–Crippen MR) is 92.5 cm³/mol. The number of carbonyl (C=O) groups is 1. The van der Waals surface area contributed by atoms with E-state index in [9.17, 15) is 4.79 Å². The highest BCUT2D eigenvalue weighted by atomic mass is 16.6. The molecule has 1 amide bonds. The van der Waals surface area contributed by atoms with Crippen LogP contribution in [-0.4, -0.2) is 33.1 Å². The van der Waals surface area contributed by atoms with Crippen molar-refractivity contribution in [3.05, 3.63) is 47.3 Å². The number of hydrogen-bond acceptors (Lipinski definition) is 5. The van der Waals surface area contributed by atoms with Crippen molar-refractivity contribution in [3.8, 4) is 17.5 Å². The van der Waals surface area contributed by atoms with Crippen molar-refractivity contribution in [3.63, 3.8) is 0 Å². The van der Waals surface area contributed by atoms with Crippen LogP contribution in [0.5, 0.6) is 0 Å². The molecule has 2 aromatic rings. The summed E-state index contributed by atoms with van der Waals surface area (Å²) >= 11 is 0. The molecule has 0 aliphatic carbocycles. The van der Waals surface area contributed by atoms with E-state index >= 15 is 0 Å². The fraction of sp³-hybridized carbons (Fsp3) is 0.368. The fourth-order valence-electron chi connectivity index (χ4n) is 2.63. The normalized spacial score (nSPS) is 13.8. The number of rotatable bonds is 1. The van der Waals surface area contributed by atoms with Crippen LogP contribution in [-0.2, 0) is 17.7 Å². The van der Waals surface area contributed by atoms with Crippen LogP contribution in [0, 0.1) is 11.3 Å². The van der Waals surface area contributed by atoms with Crippen molar-refractivity contribution in [2.24, 2.45) is 0 Å². The first-order valence-corrected chi connectivity index (χ1v) is 8.19. The smallest absolute Gasteiger partial charge is 0.410 e. The molecule has 6 nitrogen and oxygen atoms in total. The molecule has 1 aliphatic rings. The summed E-state index contributed by atoms with van der Waals surface area (Å²) in [6.07, 6.45) is 2.13. The van der Waals surface area contributed by atoms with E-state index in [4.69, 9.17) is 10.00 Å². The van der Waals surface area contributed by atoms with E-state index in [0.29, 0.717) is 30.9 Å². The quantitative estimate of drug-likeness (QED) is 0.798. The number of ether oxygens (including phenoxy) is 1. The summed E-state index contributed by atoms with van der Waals surface area (Å²) in [6.45, 7) is 6.60. The zero-order valence-corrected chi connectivity index (χ0v) is 14.6. The molecule has 0 saturated carbocycles. The first-order valence-electron chi connectivity index (χ1n) is 8.19. The van der Waals surface area contributed by atoms with Crippen molar-refractivity contribution in [2.75, 3.05) is 6.54 Å². The monoisotopic (exact) mass is 336 g/mol. The number of hydrogen-bond donors (Lipinski definition) is 0. The first-order chi connectivity index (χ1) is 11.9. The van der Waals surface area contributed by atoms with Gasteiger partial charge in [0.1, 0.15) is 5.60 Å². The number of benzene rings is 1. The molecule has 0 radical (unpaired) electrons. The maximum absolute atomic E-state index is 12.2. The Hall–Kier alpha value is -2.94. The third kappa shape index (κ3) is 3.94. The fourth-order valence-corrected chi connectivity index (χ4v) is 2.63. The molecule has 0 saturated heterocycles. The summed E-state index contributed by atoms with van der Waals surface area (Å²) in [5, 5.41) is 8.87. The van der Waals surface area contributed by atoms with Gasteiger partial charge in [0.05, 0.1) is 23.9 Å². The molecule has 128 valence electrons. The Bertz CT molecular complexity index is 832. The molecule has 1 aromatic heterocycles. The predicted octanol–water partition coefficient (Wildman–Crippen LogP) is 3.31.